The van der Waals surface area contributed by atoms with E-state index in [2.05, 4.69) is 44.2 Å². The lowest BCUT2D eigenvalue weighted by molar-refractivity contribution is -0.136. The number of amides is 3. The Bertz CT molecular complexity index is 2270. The first-order chi connectivity index (χ1) is 26.3. The quantitative estimate of drug-likeness (QED) is 0.217. The predicted octanol–water partition coefficient (Wildman–Crippen LogP) is 5.13. The van der Waals surface area contributed by atoms with Crippen LogP contribution in [0.2, 0.25) is 0 Å². The van der Waals surface area contributed by atoms with Gasteiger partial charge in [0.15, 0.2) is 5.65 Å². The Morgan fingerprint density at radius 1 is 0.870 bits per heavy atom. The smallest absolute Gasteiger partial charge is 0.255 e. The molecule has 9 rings (SSSR count). The van der Waals surface area contributed by atoms with Crippen LogP contribution < -0.4 is 15.1 Å². The third kappa shape index (κ3) is 6.36. The molecule has 3 fully saturated rings. The molecule has 3 saturated heterocycles. The molecular formula is C41H42FN9O3. The van der Waals surface area contributed by atoms with Crippen LogP contribution in [-0.2, 0) is 22.7 Å². The lowest BCUT2D eigenvalue weighted by Crippen LogP contribution is -2.52. The molecule has 0 radical (unpaired) electrons. The molecule has 13 heteroatoms. The summed E-state index contributed by atoms with van der Waals surface area (Å²) >= 11 is 0. The maximum Gasteiger partial charge on any atom is 0.255 e. The van der Waals surface area contributed by atoms with Gasteiger partial charge in [0.2, 0.25) is 11.8 Å². The first-order valence-corrected chi connectivity index (χ1v) is 18.8. The standard InChI is InChI=1S/C41H42FN9O3/c1-47(24-26-10-11-31-28(21-26)25-50(41(31)54)34-12-15-39(52)45-40(34)53)30-16-19-48(20-17-30)37-9-3-7-32(44-37)35-23-43-36-13-14-38(46-51(35)36)49-18-4-8-33(49)27-5-2-6-29(42)22-27/h2-3,5-7,9-11,13-14,21-23,30,33-34H,4,8,12,15-20,24-25H2,1H3,(H,45,52,53). The maximum atomic E-state index is 14.1. The van der Waals surface area contributed by atoms with Crippen molar-refractivity contribution in [1.29, 1.82) is 0 Å². The number of pyridine rings is 1. The number of imidazole rings is 1. The Kier molecular flexibility index (Phi) is 8.80. The monoisotopic (exact) mass is 727 g/mol. The Balaban J connectivity index is 0.848. The number of halogens is 1. The molecule has 2 unspecified atom stereocenters. The zero-order chi connectivity index (χ0) is 36.9. The summed E-state index contributed by atoms with van der Waals surface area (Å²) in [6.45, 7) is 3.72. The zero-order valence-corrected chi connectivity index (χ0v) is 30.2. The molecule has 54 heavy (non-hydrogen) atoms. The van der Waals surface area contributed by atoms with Crippen molar-refractivity contribution in [1.82, 2.24) is 34.7 Å². The van der Waals surface area contributed by atoms with Crippen molar-refractivity contribution in [2.24, 2.45) is 0 Å². The molecule has 0 saturated carbocycles. The van der Waals surface area contributed by atoms with Crippen LogP contribution in [0.4, 0.5) is 16.0 Å². The number of carbonyl (C=O) groups excluding carboxylic acids is 3. The van der Waals surface area contributed by atoms with Crippen LogP contribution in [0.15, 0.2) is 79.0 Å². The van der Waals surface area contributed by atoms with Crippen LogP contribution in [-0.4, -0.2) is 85.9 Å². The minimum Gasteiger partial charge on any atom is -0.356 e. The van der Waals surface area contributed by atoms with Crippen molar-refractivity contribution in [3.8, 4) is 11.4 Å². The molecule has 276 valence electrons. The second kappa shape index (κ2) is 13.9. The molecule has 1 N–H and O–H groups in total. The fourth-order valence-electron chi connectivity index (χ4n) is 8.71. The topological polar surface area (TPSA) is 119 Å². The lowest BCUT2D eigenvalue weighted by atomic mass is 10.0. The summed E-state index contributed by atoms with van der Waals surface area (Å²) in [7, 11) is 2.15. The Morgan fingerprint density at radius 3 is 2.56 bits per heavy atom. The van der Waals surface area contributed by atoms with Crippen LogP contribution in [0.25, 0.3) is 17.0 Å². The van der Waals surface area contributed by atoms with E-state index in [9.17, 15) is 18.8 Å². The summed E-state index contributed by atoms with van der Waals surface area (Å²) in [5, 5.41) is 7.40. The van der Waals surface area contributed by atoms with Gasteiger partial charge in [-0.1, -0.05) is 30.3 Å². The van der Waals surface area contributed by atoms with E-state index in [0.29, 0.717) is 24.6 Å². The van der Waals surface area contributed by atoms with Gasteiger partial charge >= 0.3 is 0 Å². The van der Waals surface area contributed by atoms with E-state index < -0.39 is 11.9 Å². The summed E-state index contributed by atoms with van der Waals surface area (Å²) in [6, 6.07) is 22.8. The molecule has 7 heterocycles. The number of hydrogen-bond acceptors (Lipinski definition) is 9. The van der Waals surface area contributed by atoms with Crippen LogP contribution in [0.3, 0.4) is 0 Å². The van der Waals surface area contributed by atoms with Crippen LogP contribution in [0, 0.1) is 5.82 Å². The number of hydrogen-bond donors (Lipinski definition) is 1. The molecule has 0 bridgehead atoms. The molecule has 0 spiro atoms. The van der Waals surface area contributed by atoms with Crippen molar-refractivity contribution in [3.05, 3.63) is 107 Å². The second-order valence-corrected chi connectivity index (χ2v) is 14.9. The van der Waals surface area contributed by atoms with Crippen molar-refractivity contribution in [2.45, 2.75) is 69.7 Å². The van der Waals surface area contributed by atoms with Gasteiger partial charge in [-0.05, 0) is 98.3 Å². The number of aromatic nitrogens is 4. The molecule has 4 aliphatic heterocycles. The zero-order valence-electron chi connectivity index (χ0n) is 30.2. The van der Waals surface area contributed by atoms with Gasteiger partial charge in [0.05, 0.1) is 17.9 Å². The van der Waals surface area contributed by atoms with Gasteiger partial charge in [-0.15, -0.1) is 5.10 Å². The molecule has 4 aliphatic rings. The van der Waals surface area contributed by atoms with E-state index in [1.165, 1.54) is 6.07 Å². The van der Waals surface area contributed by atoms with E-state index in [1.54, 1.807) is 17.0 Å². The van der Waals surface area contributed by atoms with Gasteiger partial charge in [-0.25, -0.2) is 18.9 Å². The second-order valence-electron chi connectivity index (χ2n) is 14.9. The summed E-state index contributed by atoms with van der Waals surface area (Å²) in [4.78, 5) is 55.6. The highest BCUT2D eigenvalue weighted by Crippen LogP contribution is 2.36. The van der Waals surface area contributed by atoms with E-state index in [1.807, 2.05) is 53.2 Å². The van der Waals surface area contributed by atoms with Gasteiger partial charge in [0.1, 0.15) is 29.2 Å². The molecule has 3 aromatic heterocycles. The average Bonchev–Trinajstić information content (AvgIpc) is 3.92. The van der Waals surface area contributed by atoms with Gasteiger partial charge in [0.25, 0.3) is 5.91 Å². The number of nitrogens with zero attached hydrogens (tertiary/aromatic N) is 8. The highest BCUT2D eigenvalue weighted by Gasteiger charge is 2.39. The molecule has 2 atom stereocenters. The Hall–Kier alpha value is -5.69. The summed E-state index contributed by atoms with van der Waals surface area (Å²) in [5.74, 6) is 0.710. The van der Waals surface area contributed by atoms with Crippen LogP contribution in [0.5, 0.6) is 0 Å². The lowest BCUT2D eigenvalue weighted by Gasteiger charge is -2.37. The van der Waals surface area contributed by atoms with Crippen molar-refractivity contribution in [3.63, 3.8) is 0 Å². The van der Waals surface area contributed by atoms with Crippen molar-refractivity contribution in [2.75, 3.05) is 36.5 Å². The molecule has 12 nitrogen and oxygen atoms in total. The van der Waals surface area contributed by atoms with Crippen molar-refractivity contribution >= 4 is 35.0 Å². The highest BCUT2D eigenvalue weighted by molar-refractivity contribution is 6.05. The van der Waals surface area contributed by atoms with E-state index in [-0.39, 0.29) is 30.1 Å². The summed E-state index contributed by atoms with van der Waals surface area (Å²) in [6.07, 6.45) is 6.35. The minimum atomic E-state index is -0.611. The molecule has 5 aromatic rings. The summed E-state index contributed by atoms with van der Waals surface area (Å²) < 4.78 is 16.0. The van der Waals surface area contributed by atoms with Gasteiger partial charge in [-0.2, -0.15) is 0 Å². The Labute approximate surface area is 312 Å². The van der Waals surface area contributed by atoms with Crippen LogP contribution in [0.1, 0.15) is 71.6 Å². The third-order valence-corrected chi connectivity index (χ3v) is 11.6. The number of imide groups is 1. The number of carbonyl (C=O) groups is 3. The average molecular weight is 728 g/mol. The summed E-state index contributed by atoms with van der Waals surface area (Å²) in [5.41, 5.74) is 6.02. The molecule has 3 amide bonds. The Morgan fingerprint density at radius 2 is 1.72 bits per heavy atom. The van der Waals surface area contributed by atoms with E-state index >= 15 is 0 Å². The number of benzene rings is 2. The predicted molar refractivity (Wildman–Crippen MR) is 201 cm³/mol. The highest BCUT2D eigenvalue weighted by atomic mass is 19.1. The van der Waals surface area contributed by atoms with Gasteiger partial charge in [0, 0.05) is 50.7 Å². The van der Waals surface area contributed by atoms with Gasteiger partial charge in [-0.3, -0.25) is 24.6 Å². The molecule has 2 aromatic carbocycles. The number of anilines is 2. The maximum absolute atomic E-state index is 14.1. The minimum absolute atomic E-state index is 0.0675. The first-order valence-electron chi connectivity index (χ1n) is 18.8. The normalized spacial score (nSPS) is 20.7. The first kappa shape index (κ1) is 34.1. The largest absolute Gasteiger partial charge is 0.356 e. The fraction of sp³-hybridized carbons (Fsp3) is 0.366. The number of nitrogens with one attached hydrogen (secondary N) is 1. The number of rotatable bonds is 8. The van der Waals surface area contributed by atoms with Gasteiger partial charge < -0.3 is 14.7 Å². The third-order valence-electron chi connectivity index (χ3n) is 11.6. The number of fused-ring (bicyclic) bond motifs is 2. The van der Waals surface area contributed by atoms with E-state index in [4.69, 9.17) is 10.1 Å². The number of piperidine rings is 2. The van der Waals surface area contributed by atoms with Crippen molar-refractivity contribution < 1.29 is 18.8 Å². The van der Waals surface area contributed by atoms with E-state index in [0.717, 1.165) is 97.2 Å². The molecular weight excluding hydrogens is 686 g/mol. The SMILES string of the molecule is CN(Cc1ccc2c(c1)CN(C1CCC(=O)NC1=O)C2=O)C1CCN(c2cccc(-c3cnc4ccc(N5CCCC5c5cccc(F)c5)nn34)n2)CC1. The molecule has 0 aliphatic carbocycles. The fourth-order valence-corrected chi connectivity index (χ4v) is 8.71. The van der Waals surface area contributed by atoms with Crippen LogP contribution >= 0.6 is 0 Å².